The van der Waals surface area contributed by atoms with E-state index in [0.717, 1.165) is 0 Å². The van der Waals surface area contributed by atoms with E-state index in [4.69, 9.17) is 4.74 Å². The monoisotopic (exact) mass is 150 g/mol. The summed E-state index contributed by atoms with van der Waals surface area (Å²) in [6.45, 7) is 4.19. The van der Waals surface area contributed by atoms with Crippen LogP contribution in [0, 0.1) is 11.8 Å². The van der Waals surface area contributed by atoms with Gasteiger partial charge in [0, 0.05) is 11.8 Å². The molecule has 60 valence electrons. The van der Waals surface area contributed by atoms with Crippen molar-refractivity contribution in [3.05, 3.63) is 24.3 Å². The van der Waals surface area contributed by atoms with Gasteiger partial charge in [-0.2, -0.15) is 0 Å². The van der Waals surface area contributed by atoms with Gasteiger partial charge in [-0.25, -0.2) is 0 Å². The van der Waals surface area contributed by atoms with Gasteiger partial charge in [-0.15, -0.1) is 0 Å². The molecular formula is C10H14O. The summed E-state index contributed by atoms with van der Waals surface area (Å²) < 4.78 is 5.77. The van der Waals surface area contributed by atoms with Crippen LogP contribution in [0.2, 0.25) is 0 Å². The summed E-state index contributed by atoms with van der Waals surface area (Å²) >= 11 is 0. The van der Waals surface area contributed by atoms with Crippen LogP contribution in [-0.2, 0) is 4.74 Å². The molecule has 0 spiro atoms. The zero-order valence-electron chi connectivity index (χ0n) is 7.03. The van der Waals surface area contributed by atoms with Gasteiger partial charge in [0.05, 0.1) is 12.2 Å². The molecule has 0 aromatic heterocycles. The molecule has 1 nitrogen and oxygen atoms in total. The number of hydrogen-bond donors (Lipinski definition) is 0. The Morgan fingerprint density at radius 3 is 1.82 bits per heavy atom. The van der Waals surface area contributed by atoms with Crippen LogP contribution in [-0.4, -0.2) is 12.2 Å². The first kappa shape index (κ1) is 7.11. The van der Waals surface area contributed by atoms with Gasteiger partial charge in [0.2, 0.25) is 0 Å². The van der Waals surface area contributed by atoms with Gasteiger partial charge in [0.15, 0.2) is 0 Å². The van der Waals surface area contributed by atoms with Crippen molar-refractivity contribution >= 4 is 0 Å². The van der Waals surface area contributed by atoms with E-state index < -0.39 is 0 Å². The maximum Gasteiger partial charge on any atom is 0.0772 e. The van der Waals surface area contributed by atoms with Crippen molar-refractivity contribution in [2.45, 2.75) is 26.1 Å². The third-order valence-electron chi connectivity index (χ3n) is 2.30. The van der Waals surface area contributed by atoms with Gasteiger partial charge in [0.25, 0.3) is 0 Å². The minimum Gasteiger partial charge on any atom is -0.374 e. The van der Waals surface area contributed by atoms with Crippen LogP contribution in [0.4, 0.5) is 0 Å². The smallest absolute Gasteiger partial charge is 0.0772 e. The molecule has 0 amide bonds. The quantitative estimate of drug-likeness (QED) is 0.548. The van der Waals surface area contributed by atoms with Crippen LogP contribution in [0.3, 0.4) is 0 Å². The summed E-state index contributed by atoms with van der Waals surface area (Å²) in [4.78, 5) is 0. The lowest BCUT2D eigenvalue weighted by molar-refractivity contribution is -0.00817. The number of rotatable bonds is 2. The normalized spacial score (nSPS) is 39.4. The molecule has 0 unspecified atom stereocenters. The highest BCUT2D eigenvalue weighted by Crippen LogP contribution is 2.35. The molecule has 0 N–H and O–H groups in total. The lowest BCUT2D eigenvalue weighted by Crippen LogP contribution is -2.23. The van der Waals surface area contributed by atoms with Crippen molar-refractivity contribution in [2.24, 2.45) is 11.8 Å². The zero-order valence-corrected chi connectivity index (χ0v) is 7.03. The average Bonchev–Trinajstić information content (AvgIpc) is 2.48. The molecule has 2 aliphatic carbocycles. The van der Waals surface area contributed by atoms with Crippen molar-refractivity contribution in [3.8, 4) is 0 Å². The number of fused-ring (bicyclic) bond motifs is 2. The van der Waals surface area contributed by atoms with Crippen LogP contribution >= 0.6 is 0 Å². The Hall–Kier alpha value is -0.560. The molecule has 11 heavy (non-hydrogen) atoms. The maximum absolute atomic E-state index is 5.77. The van der Waals surface area contributed by atoms with Gasteiger partial charge in [-0.3, -0.25) is 0 Å². The van der Waals surface area contributed by atoms with E-state index in [1.54, 1.807) is 0 Å². The van der Waals surface area contributed by atoms with E-state index in [0.29, 0.717) is 24.0 Å². The second kappa shape index (κ2) is 2.49. The van der Waals surface area contributed by atoms with Gasteiger partial charge < -0.3 is 4.74 Å². The Balaban J connectivity index is 2.00. The molecule has 2 aliphatic rings. The van der Waals surface area contributed by atoms with Crippen molar-refractivity contribution in [2.75, 3.05) is 0 Å². The molecular weight excluding hydrogens is 136 g/mol. The topological polar surface area (TPSA) is 9.23 Å². The molecule has 0 aromatic rings. The van der Waals surface area contributed by atoms with E-state index in [-0.39, 0.29) is 0 Å². The summed E-state index contributed by atoms with van der Waals surface area (Å²) in [6, 6.07) is 0. The van der Waals surface area contributed by atoms with E-state index in [1.165, 1.54) is 0 Å². The molecule has 0 atom stereocenters. The fourth-order valence-electron chi connectivity index (χ4n) is 1.83. The summed E-state index contributed by atoms with van der Waals surface area (Å²) in [7, 11) is 0. The van der Waals surface area contributed by atoms with E-state index in [1.807, 2.05) is 0 Å². The maximum atomic E-state index is 5.77. The van der Waals surface area contributed by atoms with E-state index in [2.05, 4.69) is 38.2 Å². The van der Waals surface area contributed by atoms with Crippen molar-refractivity contribution < 1.29 is 4.74 Å². The highest BCUT2D eigenvalue weighted by Gasteiger charge is 2.34. The number of hydrogen-bond acceptors (Lipinski definition) is 1. The lowest BCUT2D eigenvalue weighted by atomic mass is 10.1. The summed E-state index contributed by atoms with van der Waals surface area (Å²) in [5.41, 5.74) is 0. The van der Waals surface area contributed by atoms with Gasteiger partial charge in [0.1, 0.15) is 0 Å². The first-order valence-corrected chi connectivity index (χ1v) is 4.29. The molecule has 0 aliphatic heterocycles. The zero-order chi connectivity index (χ0) is 7.84. The van der Waals surface area contributed by atoms with Crippen molar-refractivity contribution in [1.29, 1.82) is 0 Å². The molecule has 0 aromatic carbocycles. The van der Waals surface area contributed by atoms with Crippen molar-refractivity contribution in [3.63, 3.8) is 0 Å². The minimum atomic E-state index is 0.352. The number of ether oxygens (including phenoxy) is 1. The molecule has 2 rings (SSSR count). The van der Waals surface area contributed by atoms with Crippen LogP contribution in [0.5, 0.6) is 0 Å². The fraction of sp³-hybridized carbons (Fsp3) is 0.600. The molecule has 0 saturated heterocycles. The molecule has 1 heteroatoms. The standard InChI is InChI=1S/C10H14O/c1-7(2)11-10-8-3-4-9(10)6-5-8/h3-10H,1-2H3. The van der Waals surface area contributed by atoms with Gasteiger partial charge in [-0.1, -0.05) is 24.3 Å². The second-order valence-corrected chi connectivity index (χ2v) is 3.57. The third-order valence-corrected chi connectivity index (χ3v) is 2.30. The molecule has 0 heterocycles. The molecule has 0 saturated carbocycles. The van der Waals surface area contributed by atoms with Crippen LogP contribution < -0.4 is 0 Å². The molecule has 2 bridgehead atoms. The van der Waals surface area contributed by atoms with Gasteiger partial charge >= 0.3 is 0 Å². The first-order valence-electron chi connectivity index (χ1n) is 4.29. The largest absolute Gasteiger partial charge is 0.374 e. The Bertz CT molecular complexity index is 173. The van der Waals surface area contributed by atoms with E-state index >= 15 is 0 Å². The summed E-state index contributed by atoms with van der Waals surface area (Å²) in [6.07, 6.45) is 9.75. The van der Waals surface area contributed by atoms with Crippen LogP contribution in [0.25, 0.3) is 0 Å². The minimum absolute atomic E-state index is 0.352. The molecule has 0 radical (unpaired) electrons. The predicted octanol–water partition coefficient (Wildman–Crippen LogP) is 2.15. The lowest BCUT2D eigenvalue weighted by Gasteiger charge is -2.19. The van der Waals surface area contributed by atoms with E-state index in [9.17, 15) is 0 Å². The molecule has 0 fully saturated rings. The highest BCUT2D eigenvalue weighted by atomic mass is 16.5. The van der Waals surface area contributed by atoms with Crippen LogP contribution in [0.1, 0.15) is 13.8 Å². The Morgan fingerprint density at radius 2 is 1.45 bits per heavy atom. The predicted molar refractivity (Wildman–Crippen MR) is 45.3 cm³/mol. The Kier molecular flexibility index (Phi) is 1.61. The first-order chi connectivity index (χ1) is 5.27. The SMILES string of the molecule is CC(C)OC1C2C=CC1C=C2. The van der Waals surface area contributed by atoms with Gasteiger partial charge in [-0.05, 0) is 13.8 Å². The average molecular weight is 150 g/mol. The Morgan fingerprint density at radius 1 is 1.00 bits per heavy atom. The second-order valence-electron chi connectivity index (χ2n) is 3.57. The fourth-order valence-corrected chi connectivity index (χ4v) is 1.83. The summed E-state index contributed by atoms with van der Waals surface area (Å²) in [5, 5.41) is 0. The third kappa shape index (κ3) is 1.14. The van der Waals surface area contributed by atoms with Crippen LogP contribution in [0.15, 0.2) is 24.3 Å². The highest BCUT2D eigenvalue weighted by molar-refractivity contribution is 5.26. The summed E-state index contributed by atoms with van der Waals surface area (Å²) in [5.74, 6) is 1.12. The van der Waals surface area contributed by atoms with Crippen molar-refractivity contribution in [1.82, 2.24) is 0 Å². The Labute approximate surface area is 67.7 Å².